The summed E-state index contributed by atoms with van der Waals surface area (Å²) in [5.74, 6) is 1.45. The van der Waals surface area contributed by atoms with Crippen LogP contribution in [0.4, 0.5) is 0 Å². The van der Waals surface area contributed by atoms with Gasteiger partial charge in [0.25, 0.3) is 5.91 Å². The van der Waals surface area contributed by atoms with Crippen molar-refractivity contribution in [2.45, 2.75) is 111 Å². The van der Waals surface area contributed by atoms with Gasteiger partial charge in [-0.05, 0) is 92.1 Å². The lowest BCUT2D eigenvalue weighted by Crippen LogP contribution is -2.59. The maximum atomic E-state index is 13.5. The molecular weight excluding hydrogens is 444 g/mol. The number of carbonyl (C=O) groups excluding carboxylic acids is 1. The van der Waals surface area contributed by atoms with E-state index in [9.17, 15) is 4.79 Å². The van der Waals surface area contributed by atoms with Crippen molar-refractivity contribution in [3.8, 4) is 0 Å². The molecule has 3 aliphatic rings. The SMILES string of the molecule is CC(C)(C)C1CCC(=NNC(=O)[C@@H]2Cc3c([nH]c4ccccc34)C3(CCC(C(C)(C)C)CC3)N2)CC1. The summed E-state index contributed by atoms with van der Waals surface area (Å²) in [5, 5.41) is 9.75. The molecule has 2 aliphatic carbocycles. The van der Waals surface area contributed by atoms with E-state index >= 15 is 0 Å². The van der Waals surface area contributed by atoms with E-state index in [2.05, 4.69) is 86.6 Å². The van der Waals surface area contributed by atoms with Crippen molar-refractivity contribution in [2.75, 3.05) is 0 Å². The smallest absolute Gasteiger partial charge is 0.257 e. The fourth-order valence-electron chi connectivity index (χ4n) is 7.15. The number of para-hydroxylation sites is 1. The first-order valence-corrected chi connectivity index (χ1v) is 14.2. The molecule has 0 bridgehead atoms. The van der Waals surface area contributed by atoms with Crippen LogP contribution >= 0.6 is 0 Å². The van der Waals surface area contributed by atoms with Crippen molar-refractivity contribution >= 4 is 22.5 Å². The van der Waals surface area contributed by atoms with Gasteiger partial charge >= 0.3 is 0 Å². The first kappa shape index (κ1) is 25.5. The number of rotatable bonds is 2. The number of nitrogens with one attached hydrogen (secondary N) is 3. The maximum Gasteiger partial charge on any atom is 0.257 e. The molecule has 1 aromatic heterocycles. The minimum atomic E-state index is -0.266. The van der Waals surface area contributed by atoms with E-state index in [1.54, 1.807) is 0 Å². The number of benzene rings is 1. The van der Waals surface area contributed by atoms with E-state index < -0.39 is 0 Å². The normalized spacial score (nSPS) is 29.3. The van der Waals surface area contributed by atoms with Gasteiger partial charge in [0.05, 0.1) is 11.6 Å². The third-order valence-electron chi connectivity index (χ3n) is 9.64. The van der Waals surface area contributed by atoms with Crippen molar-refractivity contribution in [1.82, 2.24) is 15.7 Å². The summed E-state index contributed by atoms with van der Waals surface area (Å²) in [6, 6.07) is 8.30. The Morgan fingerprint density at radius 3 is 2.19 bits per heavy atom. The van der Waals surface area contributed by atoms with Crippen molar-refractivity contribution in [3.63, 3.8) is 0 Å². The highest BCUT2D eigenvalue weighted by Gasteiger charge is 2.47. The number of carbonyl (C=O) groups is 1. The number of fused-ring (bicyclic) bond motifs is 4. The number of hydrazone groups is 1. The van der Waals surface area contributed by atoms with Gasteiger partial charge in [-0.3, -0.25) is 10.1 Å². The van der Waals surface area contributed by atoms with Crippen LogP contribution in [-0.2, 0) is 16.8 Å². The third kappa shape index (κ3) is 4.88. The second-order valence-corrected chi connectivity index (χ2v) is 13.9. The second-order valence-electron chi connectivity index (χ2n) is 13.9. The lowest BCUT2D eigenvalue weighted by atomic mass is 9.65. The van der Waals surface area contributed by atoms with Gasteiger partial charge in [0.2, 0.25) is 0 Å². The van der Waals surface area contributed by atoms with Gasteiger partial charge in [0, 0.05) is 22.3 Å². The molecule has 0 saturated heterocycles. The monoisotopic (exact) mass is 490 g/mol. The summed E-state index contributed by atoms with van der Waals surface area (Å²) < 4.78 is 0. The number of hydrogen-bond acceptors (Lipinski definition) is 3. The lowest BCUT2D eigenvalue weighted by molar-refractivity contribution is -0.124. The second kappa shape index (κ2) is 9.31. The van der Waals surface area contributed by atoms with Crippen molar-refractivity contribution < 1.29 is 4.79 Å². The zero-order chi connectivity index (χ0) is 25.7. The molecule has 5 heteroatoms. The van der Waals surface area contributed by atoms with Crippen molar-refractivity contribution in [3.05, 3.63) is 35.5 Å². The quantitative estimate of drug-likeness (QED) is 0.404. The Morgan fingerprint density at radius 1 is 0.944 bits per heavy atom. The first-order chi connectivity index (χ1) is 17.0. The van der Waals surface area contributed by atoms with E-state index in [-0.39, 0.29) is 17.5 Å². The number of aromatic nitrogens is 1. The molecule has 2 heterocycles. The predicted molar refractivity (Wildman–Crippen MR) is 149 cm³/mol. The Labute approximate surface area is 217 Å². The summed E-state index contributed by atoms with van der Waals surface area (Å²) in [7, 11) is 0. The molecule has 196 valence electrons. The van der Waals surface area contributed by atoms with Gasteiger partial charge in [-0.2, -0.15) is 5.10 Å². The third-order valence-corrected chi connectivity index (χ3v) is 9.64. The summed E-state index contributed by atoms with van der Waals surface area (Å²) in [6.45, 7) is 14.1. The van der Waals surface area contributed by atoms with Crippen molar-refractivity contribution in [2.24, 2.45) is 27.8 Å². The molecule has 2 aromatic rings. The van der Waals surface area contributed by atoms with Crippen LogP contribution in [0.2, 0.25) is 0 Å². The molecule has 2 fully saturated rings. The Balaban J connectivity index is 1.35. The van der Waals surface area contributed by atoms with Crippen LogP contribution < -0.4 is 10.7 Å². The predicted octanol–water partition coefficient (Wildman–Crippen LogP) is 6.82. The van der Waals surface area contributed by atoms with Crippen LogP contribution in [0.25, 0.3) is 10.9 Å². The molecule has 5 nitrogen and oxygen atoms in total. The average molecular weight is 491 g/mol. The summed E-state index contributed by atoms with van der Waals surface area (Å²) in [4.78, 5) is 17.3. The topological polar surface area (TPSA) is 69.3 Å². The number of H-pyrrole nitrogens is 1. The molecule has 1 spiro atoms. The molecule has 5 rings (SSSR count). The number of hydrogen-bond donors (Lipinski definition) is 3. The largest absolute Gasteiger partial charge is 0.357 e. The van der Waals surface area contributed by atoms with E-state index in [0.717, 1.165) is 50.2 Å². The van der Waals surface area contributed by atoms with Crippen LogP contribution in [0.15, 0.2) is 29.4 Å². The van der Waals surface area contributed by atoms with Gasteiger partial charge in [-0.15, -0.1) is 0 Å². The minimum absolute atomic E-state index is 0.00805. The number of amides is 1. The van der Waals surface area contributed by atoms with E-state index in [0.29, 0.717) is 23.2 Å². The van der Waals surface area contributed by atoms with Crippen LogP contribution in [0.3, 0.4) is 0 Å². The summed E-state index contributed by atoms with van der Waals surface area (Å²) in [5.41, 5.74) is 8.42. The standard InChI is InChI=1S/C31H46N4O/c1-29(2,3)20-11-13-22(14-12-20)34-35-28(36)26-19-24-23-9-7-8-10-25(23)32-27(24)31(33-26)17-15-21(16-18-31)30(4,5)6/h7-10,20-21,26,32-33H,11-19H2,1-6H3,(H,35,36)/t20?,21?,26-,31?/m0/s1. The Bertz CT molecular complexity index is 1130. The molecule has 1 aromatic carbocycles. The molecule has 36 heavy (non-hydrogen) atoms. The molecule has 1 amide bonds. The fraction of sp³-hybridized carbons (Fsp3) is 0.677. The zero-order valence-electron chi connectivity index (χ0n) is 23.3. The number of nitrogens with zero attached hydrogens (tertiary/aromatic N) is 1. The Kier molecular flexibility index (Phi) is 6.60. The molecular formula is C31H46N4O. The van der Waals surface area contributed by atoms with Gasteiger partial charge in [-0.1, -0.05) is 59.7 Å². The minimum Gasteiger partial charge on any atom is -0.357 e. The lowest BCUT2D eigenvalue weighted by Gasteiger charge is -2.48. The van der Waals surface area contributed by atoms with Crippen LogP contribution in [0.1, 0.15) is 104 Å². The van der Waals surface area contributed by atoms with Crippen molar-refractivity contribution in [1.29, 1.82) is 0 Å². The highest BCUT2D eigenvalue weighted by Crippen LogP contribution is 2.49. The Hall–Kier alpha value is -2.14. The number of aromatic amines is 1. The highest BCUT2D eigenvalue weighted by molar-refractivity contribution is 5.90. The first-order valence-electron chi connectivity index (χ1n) is 14.2. The summed E-state index contributed by atoms with van der Waals surface area (Å²) in [6.07, 6.45) is 9.48. The van der Waals surface area contributed by atoms with Gasteiger partial charge in [0.15, 0.2) is 0 Å². The Morgan fingerprint density at radius 2 is 1.56 bits per heavy atom. The van der Waals surface area contributed by atoms with Gasteiger partial charge in [0.1, 0.15) is 0 Å². The molecule has 0 unspecified atom stereocenters. The maximum absolute atomic E-state index is 13.5. The summed E-state index contributed by atoms with van der Waals surface area (Å²) >= 11 is 0. The fourth-order valence-corrected chi connectivity index (χ4v) is 7.15. The molecule has 0 radical (unpaired) electrons. The average Bonchev–Trinajstić information content (AvgIpc) is 3.22. The van der Waals surface area contributed by atoms with Crippen LogP contribution in [0, 0.1) is 22.7 Å². The molecule has 1 atom stereocenters. The van der Waals surface area contributed by atoms with E-state index in [1.807, 2.05) is 0 Å². The van der Waals surface area contributed by atoms with Crippen LogP contribution in [0.5, 0.6) is 0 Å². The molecule has 3 N–H and O–H groups in total. The highest BCUT2D eigenvalue weighted by atomic mass is 16.2. The van der Waals surface area contributed by atoms with E-state index in [4.69, 9.17) is 0 Å². The van der Waals surface area contributed by atoms with Gasteiger partial charge in [-0.25, -0.2) is 5.43 Å². The molecule has 1 aliphatic heterocycles. The van der Waals surface area contributed by atoms with Crippen LogP contribution in [-0.4, -0.2) is 22.6 Å². The van der Waals surface area contributed by atoms with E-state index in [1.165, 1.54) is 35.0 Å². The van der Waals surface area contributed by atoms with Gasteiger partial charge < -0.3 is 4.98 Å². The zero-order valence-corrected chi connectivity index (χ0v) is 23.3. The molecule has 2 saturated carbocycles.